The zero-order chi connectivity index (χ0) is 23.9. The molecule has 1 aliphatic heterocycles. The van der Waals surface area contributed by atoms with Gasteiger partial charge in [-0.05, 0) is 48.1 Å². The molecule has 5 nitrogen and oxygen atoms in total. The van der Waals surface area contributed by atoms with Gasteiger partial charge in [-0.3, -0.25) is 19.3 Å². The largest absolute Gasteiger partial charge is 0.354 e. The zero-order valence-corrected chi connectivity index (χ0v) is 20.0. The molecule has 1 atom stereocenters. The molecule has 6 heteroatoms. The molecule has 4 rings (SSSR count). The standard InChI is InChI=1S/C28H28N2O3S/c1-34-19-17-25(30-27(32)23-14-8-9-15-24(23)28(30)33)26(31)29-18-16-22(20-10-4-2-5-11-20)21-12-6-3-7-13-21/h2-15,22,25H,16-19H2,1H3,(H,29,31). The van der Waals surface area contributed by atoms with Crippen LogP contribution in [-0.4, -0.2) is 47.2 Å². The fraction of sp³-hybridized carbons (Fsp3) is 0.250. The van der Waals surface area contributed by atoms with E-state index in [0.29, 0.717) is 36.3 Å². The number of amides is 3. The van der Waals surface area contributed by atoms with Gasteiger partial charge in [0.1, 0.15) is 6.04 Å². The molecule has 34 heavy (non-hydrogen) atoms. The van der Waals surface area contributed by atoms with Gasteiger partial charge in [-0.25, -0.2) is 0 Å². The number of rotatable bonds is 10. The van der Waals surface area contributed by atoms with Gasteiger partial charge in [0.05, 0.1) is 11.1 Å². The van der Waals surface area contributed by atoms with Crippen LogP contribution in [0.4, 0.5) is 0 Å². The van der Waals surface area contributed by atoms with Crippen LogP contribution in [0.15, 0.2) is 84.9 Å². The first kappa shape index (κ1) is 23.8. The predicted molar refractivity (Wildman–Crippen MR) is 136 cm³/mol. The lowest BCUT2D eigenvalue weighted by molar-refractivity contribution is -0.125. The SMILES string of the molecule is CSCCC(C(=O)NCCC(c1ccccc1)c1ccccc1)N1C(=O)c2ccccc2C1=O. The van der Waals surface area contributed by atoms with Crippen LogP contribution in [0.5, 0.6) is 0 Å². The minimum absolute atomic E-state index is 0.131. The van der Waals surface area contributed by atoms with E-state index in [2.05, 4.69) is 29.6 Å². The zero-order valence-electron chi connectivity index (χ0n) is 19.1. The summed E-state index contributed by atoms with van der Waals surface area (Å²) in [4.78, 5) is 40.4. The van der Waals surface area contributed by atoms with Gasteiger partial charge in [0.25, 0.3) is 11.8 Å². The van der Waals surface area contributed by atoms with E-state index in [4.69, 9.17) is 0 Å². The van der Waals surface area contributed by atoms with Gasteiger partial charge < -0.3 is 5.32 Å². The maximum absolute atomic E-state index is 13.3. The first-order chi connectivity index (χ1) is 16.6. The summed E-state index contributed by atoms with van der Waals surface area (Å²) in [5, 5.41) is 3.01. The van der Waals surface area contributed by atoms with Crippen molar-refractivity contribution in [1.29, 1.82) is 0 Å². The maximum Gasteiger partial charge on any atom is 0.262 e. The normalized spacial score (nSPS) is 13.8. The van der Waals surface area contributed by atoms with E-state index >= 15 is 0 Å². The number of fused-ring (bicyclic) bond motifs is 1. The van der Waals surface area contributed by atoms with Crippen molar-refractivity contribution in [1.82, 2.24) is 10.2 Å². The van der Waals surface area contributed by atoms with E-state index in [1.54, 1.807) is 36.0 Å². The third-order valence-corrected chi connectivity index (χ3v) is 6.82. The topological polar surface area (TPSA) is 66.5 Å². The van der Waals surface area contributed by atoms with Crippen molar-refractivity contribution < 1.29 is 14.4 Å². The maximum atomic E-state index is 13.3. The summed E-state index contributed by atoms with van der Waals surface area (Å²) in [5.74, 6) is -0.279. The van der Waals surface area contributed by atoms with E-state index in [0.717, 1.165) is 4.90 Å². The molecule has 0 spiro atoms. The van der Waals surface area contributed by atoms with Gasteiger partial charge >= 0.3 is 0 Å². The monoisotopic (exact) mass is 472 g/mol. The highest BCUT2D eigenvalue weighted by molar-refractivity contribution is 7.98. The third kappa shape index (κ3) is 5.07. The highest BCUT2D eigenvalue weighted by Crippen LogP contribution is 2.28. The second-order valence-electron chi connectivity index (χ2n) is 8.28. The first-order valence-corrected chi connectivity index (χ1v) is 12.8. The number of carbonyl (C=O) groups excluding carboxylic acids is 3. The van der Waals surface area contributed by atoms with Crippen molar-refractivity contribution in [2.24, 2.45) is 0 Å². The highest BCUT2D eigenvalue weighted by atomic mass is 32.2. The average molecular weight is 473 g/mol. The van der Waals surface area contributed by atoms with Gasteiger partial charge in [-0.15, -0.1) is 0 Å². The molecule has 1 unspecified atom stereocenters. The number of carbonyl (C=O) groups is 3. The van der Waals surface area contributed by atoms with Crippen molar-refractivity contribution in [3.63, 3.8) is 0 Å². The Morgan fingerprint density at radius 3 is 1.79 bits per heavy atom. The van der Waals surface area contributed by atoms with Crippen molar-refractivity contribution in [2.45, 2.75) is 24.8 Å². The minimum Gasteiger partial charge on any atom is -0.354 e. The fourth-order valence-corrected chi connectivity index (χ4v) is 4.91. The summed E-state index contributed by atoms with van der Waals surface area (Å²) < 4.78 is 0. The molecule has 0 fully saturated rings. The van der Waals surface area contributed by atoms with Crippen LogP contribution >= 0.6 is 11.8 Å². The lowest BCUT2D eigenvalue weighted by atomic mass is 9.88. The third-order valence-electron chi connectivity index (χ3n) is 6.17. The van der Waals surface area contributed by atoms with Gasteiger partial charge in [0.2, 0.25) is 5.91 Å². The van der Waals surface area contributed by atoms with Crippen LogP contribution in [0.2, 0.25) is 0 Å². The van der Waals surface area contributed by atoms with Gasteiger partial charge in [-0.1, -0.05) is 72.8 Å². The van der Waals surface area contributed by atoms with Crippen molar-refractivity contribution in [3.05, 3.63) is 107 Å². The molecule has 0 aromatic heterocycles. The Hall–Kier alpha value is -3.38. The summed E-state index contributed by atoms with van der Waals surface area (Å²) in [7, 11) is 0. The molecular formula is C28H28N2O3S. The summed E-state index contributed by atoms with van der Waals surface area (Å²) in [6.07, 6.45) is 3.07. The Morgan fingerprint density at radius 2 is 1.29 bits per heavy atom. The number of benzene rings is 3. The molecule has 1 heterocycles. The molecule has 174 valence electrons. The summed E-state index contributed by atoms with van der Waals surface area (Å²) in [6.45, 7) is 0.437. The molecular weight excluding hydrogens is 444 g/mol. The van der Waals surface area contributed by atoms with Crippen LogP contribution in [0.1, 0.15) is 50.6 Å². The molecule has 1 N–H and O–H groups in total. The fourth-order valence-electron chi connectivity index (χ4n) is 4.45. The number of imide groups is 1. The molecule has 3 aromatic carbocycles. The van der Waals surface area contributed by atoms with E-state index in [1.807, 2.05) is 42.7 Å². The average Bonchev–Trinajstić information content (AvgIpc) is 3.13. The lowest BCUT2D eigenvalue weighted by Gasteiger charge is -2.26. The van der Waals surface area contributed by atoms with Crippen LogP contribution in [0, 0.1) is 0 Å². The van der Waals surface area contributed by atoms with Crippen LogP contribution < -0.4 is 5.32 Å². The van der Waals surface area contributed by atoms with E-state index in [9.17, 15) is 14.4 Å². The van der Waals surface area contributed by atoms with Crippen molar-refractivity contribution >= 4 is 29.5 Å². The summed E-state index contributed by atoms with van der Waals surface area (Å²) in [6, 6.07) is 26.4. The molecule has 0 saturated carbocycles. The molecule has 0 bridgehead atoms. The van der Waals surface area contributed by atoms with Crippen LogP contribution in [0.3, 0.4) is 0 Å². The van der Waals surface area contributed by atoms with E-state index in [-0.39, 0.29) is 11.8 Å². The number of hydrogen-bond acceptors (Lipinski definition) is 4. The van der Waals surface area contributed by atoms with Crippen LogP contribution in [-0.2, 0) is 4.79 Å². The lowest BCUT2D eigenvalue weighted by Crippen LogP contribution is -2.50. The Bertz CT molecular complexity index is 1080. The van der Waals surface area contributed by atoms with E-state index < -0.39 is 17.9 Å². The molecule has 3 amide bonds. The molecule has 0 aliphatic carbocycles. The smallest absolute Gasteiger partial charge is 0.262 e. The minimum atomic E-state index is -0.827. The van der Waals surface area contributed by atoms with Gasteiger partial charge in [0.15, 0.2) is 0 Å². The quantitative estimate of drug-likeness (QED) is 0.433. The Balaban J connectivity index is 1.48. The summed E-state index contributed by atoms with van der Waals surface area (Å²) >= 11 is 1.59. The number of nitrogens with one attached hydrogen (secondary N) is 1. The molecule has 1 aliphatic rings. The van der Waals surface area contributed by atoms with Gasteiger partial charge in [-0.2, -0.15) is 11.8 Å². The first-order valence-electron chi connectivity index (χ1n) is 11.4. The number of hydrogen-bond donors (Lipinski definition) is 1. The van der Waals surface area contributed by atoms with E-state index in [1.165, 1.54) is 11.1 Å². The second-order valence-corrected chi connectivity index (χ2v) is 9.26. The molecule has 3 aromatic rings. The Kier molecular flexibility index (Phi) is 7.80. The van der Waals surface area contributed by atoms with Crippen molar-refractivity contribution in [2.75, 3.05) is 18.6 Å². The number of thioether (sulfide) groups is 1. The summed E-state index contributed by atoms with van der Waals surface area (Å²) in [5.41, 5.74) is 3.09. The number of nitrogens with zero attached hydrogens (tertiary/aromatic N) is 1. The Morgan fingerprint density at radius 1 is 0.794 bits per heavy atom. The second kappa shape index (κ2) is 11.2. The Labute approximate surface area is 204 Å². The predicted octanol–water partition coefficient (Wildman–Crippen LogP) is 4.74. The molecule has 0 saturated heterocycles. The highest BCUT2D eigenvalue weighted by Gasteiger charge is 2.42. The van der Waals surface area contributed by atoms with Crippen molar-refractivity contribution in [3.8, 4) is 0 Å². The molecule has 0 radical (unpaired) electrons. The van der Waals surface area contributed by atoms with Crippen LogP contribution in [0.25, 0.3) is 0 Å². The van der Waals surface area contributed by atoms with Gasteiger partial charge in [0, 0.05) is 12.5 Å².